The summed E-state index contributed by atoms with van der Waals surface area (Å²) < 4.78 is 15.6. The molecular weight excluding hydrogens is 276 g/mol. The molecule has 4 nitrogen and oxygen atoms in total. The van der Waals surface area contributed by atoms with Crippen molar-refractivity contribution in [3.8, 4) is 11.5 Å². The largest absolute Gasteiger partial charge is 0.492 e. The maximum absolute atomic E-state index is 5.72. The molecule has 2 aromatic heterocycles. The van der Waals surface area contributed by atoms with Crippen molar-refractivity contribution in [2.75, 3.05) is 13.2 Å². The summed E-state index contributed by atoms with van der Waals surface area (Å²) in [5.74, 6) is 1.73. The second-order valence-electron chi connectivity index (χ2n) is 5.01. The fourth-order valence-corrected chi connectivity index (χ4v) is 2.21. The molecule has 4 heteroatoms. The van der Waals surface area contributed by atoms with Gasteiger partial charge in [0.1, 0.15) is 24.7 Å². The van der Waals surface area contributed by atoms with Crippen LogP contribution in [0.4, 0.5) is 0 Å². The average Bonchev–Trinajstić information content (AvgIpc) is 3.22. The molecule has 0 aliphatic heterocycles. The predicted molar refractivity (Wildman–Crippen MR) is 86.3 cm³/mol. The second-order valence-corrected chi connectivity index (χ2v) is 5.01. The first kappa shape index (κ1) is 14.3. The van der Waals surface area contributed by atoms with E-state index in [1.165, 1.54) is 0 Å². The van der Waals surface area contributed by atoms with Gasteiger partial charge in [0.15, 0.2) is 0 Å². The molecule has 1 aromatic carbocycles. The van der Waals surface area contributed by atoms with Crippen LogP contribution in [-0.4, -0.2) is 22.3 Å². The van der Waals surface area contributed by atoms with Crippen molar-refractivity contribution in [2.24, 2.45) is 0 Å². The lowest BCUT2D eigenvalue weighted by Crippen LogP contribution is -2.07. The van der Waals surface area contributed by atoms with E-state index in [9.17, 15) is 0 Å². The average molecular weight is 296 g/mol. The first-order valence-corrected chi connectivity index (χ1v) is 7.47. The second kappa shape index (κ2) is 7.41. The van der Waals surface area contributed by atoms with Crippen molar-refractivity contribution in [3.63, 3.8) is 0 Å². The summed E-state index contributed by atoms with van der Waals surface area (Å²) in [5.41, 5.74) is 0. The maximum Gasteiger partial charge on any atom is 0.119 e. The summed E-state index contributed by atoms with van der Waals surface area (Å²) in [5, 5.41) is 0. The standard InChI is InChI=1S/C18H20N2O2/c1-2-10-19(9-1)13-15-21-17-5-7-18(8-6-17)22-16-14-20-11-3-4-12-20/h1-12H,13-16H2. The van der Waals surface area contributed by atoms with Crippen LogP contribution in [0.25, 0.3) is 0 Å². The molecule has 0 aliphatic carbocycles. The third-order valence-electron chi connectivity index (χ3n) is 3.39. The Morgan fingerprint density at radius 3 is 1.32 bits per heavy atom. The van der Waals surface area contributed by atoms with Gasteiger partial charge < -0.3 is 18.6 Å². The highest BCUT2D eigenvalue weighted by molar-refractivity contribution is 5.31. The molecule has 3 aromatic rings. The lowest BCUT2D eigenvalue weighted by atomic mass is 10.3. The van der Waals surface area contributed by atoms with Gasteiger partial charge in [0.2, 0.25) is 0 Å². The van der Waals surface area contributed by atoms with Crippen LogP contribution in [-0.2, 0) is 13.1 Å². The highest BCUT2D eigenvalue weighted by atomic mass is 16.5. The summed E-state index contributed by atoms with van der Waals surface area (Å²) in [6.45, 7) is 3.01. The lowest BCUT2D eigenvalue weighted by molar-refractivity contribution is 0.290. The summed E-state index contributed by atoms with van der Waals surface area (Å²) >= 11 is 0. The van der Waals surface area contributed by atoms with Crippen molar-refractivity contribution in [3.05, 3.63) is 73.3 Å². The molecule has 2 heterocycles. The molecule has 22 heavy (non-hydrogen) atoms. The minimum Gasteiger partial charge on any atom is -0.492 e. The Kier molecular flexibility index (Phi) is 4.82. The minimum atomic E-state index is 0.655. The summed E-state index contributed by atoms with van der Waals surface area (Å²) in [6.07, 6.45) is 8.13. The first-order chi connectivity index (χ1) is 10.9. The zero-order valence-electron chi connectivity index (χ0n) is 12.5. The van der Waals surface area contributed by atoms with E-state index in [4.69, 9.17) is 9.47 Å². The SMILES string of the molecule is c1ccn(CCOc2ccc(OCCn3cccc3)cc2)c1. The Balaban J connectivity index is 1.39. The summed E-state index contributed by atoms with van der Waals surface area (Å²) in [4.78, 5) is 0. The van der Waals surface area contributed by atoms with Crippen LogP contribution >= 0.6 is 0 Å². The third kappa shape index (κ3) is 4.19. The predicted octanol–water partition coefficient (Wildman–Crippen LogP) is 3.45. The number of benzene rings is 1. The van der Waals surface area contributed by atoms with Crippen LogP contribution in [0.1, 0.15) is 0 Å². The zero-order chi connectivity index (χ0) is 15.0. The van der Waals surface area contributed by atoms with Crippen molar-refractivity contribution in [1.29, 1.82) is 0 Å². The number of aromatic nitrogens is 2. The third-order valence-corrected chi connectivity index (χ3v) is 3.39. The lowest BCUT2D eigenvalue weighted by Gasteiger charge is -2.09. The topological polar surface area (TPSA) is 28.3 Å². The van der Waals surface area contributed by atoms with E-state index in [2.05, 4.69) is 9.13 Å². The Morgan fingerprint density at radius 2 is 0.955 bits per heavy atom. The van der Waals surface area contributed by atoms with Crippen LogP contribution in [0.15, 0.2) is 73.3 Å². The number of rotatable bonds is 8. The van der Waals surface area contributed by atoms with Gasteiger partial charge in [-0.2, -0.15) is 0 Å². The normalized spacial score (nSPS) is 10.5. The van der Waals surface area contributed by atoms with E-state index in [1.807, 2.05) is 73.3 Å². The number of hydrogen-bond acceptors (Lipinski definition) is 2. The zero-order valence-corrected chi connectivity index (χ0v) is 12.5. The van der Waals surface area contributed by atoms with Gasteiger partial charge in [0, 0.05) is 24.8 Å². The van der Waals surface area contributed by atoms with Gasteiger partial charge in [-0.25, -0.2) is 0 Å². The number of hydrogen-bond donors (Lipinski definition) is 0. The van der Waals surface area contributed by atoms with Crippen LogP contribution in [0.2, 0.25) is 0 Å². The van der Waals surface area contributed by atoms with Gasteiger partial charge in [-0.05, 0) is 48.5 Å². The molecule has 0 spiro atoms. The molecule has 0 amide bonds. The van der Waals surface area contributed by atoms with E-state index >= 15 is 0 Å². The van der Waals surface area contributed by atoms with Crippen LogP contribution in [0, 0.1) is 0 Å². The van der Waals surface area contributed by atoms with Gasteiger partial charge >= 0.3 is 0 Å². The molecule has 0 N–H and O–H groups in total. The molecular formula is C18H20N2O2. The van der Waals surface area contributed by atoms with Crippen LogP contribution in [0.5, 0.6) is 11.5 Å². The Morgan fingerprint density at radius 1 is 0.591 bits per heavy atom. The van der Waals surface area contributed by atoms with E-state index < -0.39 is 0 Å². The molecule has 0 atom stereocenters. The molecule has 0 fully saturated rings. The summed E-state index contributed by atoms with van der Waals surface area (Å²) in [7, 11) is 0. The van der Waals surface area contributed by atoms with Gasteiger partial charge in [0.25, 0.3) is 0 Å². The van der Waals surface area contributed by atoms with Gasteiger partial charge in [-0.15, -0.1) is 0 Å². The van der Waals surface area contributed by atoms with Gasteiger partial charge in [-0.1, -0.05) is 0 Å². The molecule has 114 valence electrons. The van der Waals surface area contributed by atoms with Crippen molar-refractivity contribution < 1.29 is 9.47 Å². The fraction of sp³-hybridized carbons (Fsp3) is 0.222. The molecule has 0 saturated carbocycles. The van der Waals surface area contributed by atoms with E-state index in [0.29, 0.717) is 13.2 Å². The molecule has 0 unspecified atom stereocenters. The van der Waals surface area contributed by atoms with E-state index in [1.54, 1.807) is 0 Å². The summed E-state index contributed by atoms with van der Waals surface area (Å²) in [6, 6.07) is 15.8. The number of ether oxygens (including phenoxy) is 2. The highest BCUT2D eigenvalue weighted by Gasteiger charge is 1.97. The first-order valence-electron chi connectivity index (χ1n) is 7.47. The quantitative estimate of drug-likeness (QED) is 0.637. The fourth-order valence-electron chi connectivity index (χ4n) is 2.21. The van der Waals surface area contributed by atoms with E-state index in [0.717, 1.165) is 24.6 Å². The van der Waals surface area contributed by atoms with Gasteiger partial charge in [0.05, 0.1) is 13.1 Å². The molecule has 0 radical (unpaired) electrons. The van der Waals surface area contributed by atoms with E-state index in [-0.39, 0.29) is 0 Å². The van der Waals surface area contributed by atoms with Crippen LogP contribution in [0.3, 0.4) is 0 Å². The van der Waals surface area contributed by atoms with Crippen molar-refractivity contribution >= 4 is 0 Å². The number of nitrogens with zero attached hydrogens (tertiary/aromatic N) is 2. The Hall–Kier alpha value is -2.62. The maximum atomic E-state index is 5.72. The van der Waals surface area contributed by atoms with Crippen molar-refractivity contribution in [1.82, 2.24) is 9.13 Å². The van der Waals surface area contributed by atoms with Crippen molar-refractivity contribution in [2.45, 2.75) is 13.1 Å². The smallest absolute Gasteiger partial charge is 0.119 e. The minimum absolute atomic E-state index is 0.655. The molecule has 0 aliphatic rings. The van der Waals surface area contributed by atoms with Gasteiger partial charge in [-0.3, -0.25) is 0 Å². The Labute approximate surface area is 130 Å². The highest BCUT2D eigenvalue weighted by Crippen LogP contribution is 2.17. The monoisotopic (exact) mass is 296 g/mol. The molecule has 0 bridgehead atoms. The Bertz CT molecular complexity index is 584. The molecule has 0 saturated heterocycles. The molecule has 3 rings (SSSR count). The van der Waals surface area contributed by atoms with Crippen LogP contribution < -0.4 is 9.47 Å².